The highest BCUT2D eigenvalue weighted by Crippen LogP contribution is 2.56. The number of hydrogen-bond donors (Lipinski definition) is 0. The van der Waals surface area contributed by atoms with Crippen LogP contribution in [0.1, 0.15) is 61.0 Å². The summed E-state index contributed by atoms with van der Waals surface area (Å²) < 4.78 is 43.4. The van der Waals surface area contributed by atoms with Crippen LogP contribution in [0.2, 0.25) is 0 Å². The summed E-state index contributed by atoms with van der Waals surface area (Å²) in [6.07, 6.45) is -4.29. The molecule has 0 aromatic heterocycles. The molecule has 1 heterocycles. The summed E-state index contributed by atoms with van der Waals surface area (Å²) >= 11 is 3.41. The Hall–Kier alpha value is -2.68. The monoisotopic (exact) mass is 539 g/mol. The number of methoxy groups -OCH3 is 1. The molecular weight excluding hydrogens is 515 g/mol. The maximum absolute atomic E-state index is 13.4. The van der Waals surface area contributed by atoms with Crippen LogP contribution in [-0.2, 0) is 21.5 Å². The number of fused-ring (bicyclic) bond motifs is 2. The zero-order chi connectivity index (χ0) is 25.3. The smallest absolute Gasteiger partial charge is 0.450 e. The van der Waals surface area contributed by atoms with E-state index in [0.717, 1.165) is 12.0 Å². The molecule has 9 heteroatoms. The molecule has 0 radical (unpaired) electrons. The van der Waals surface area contributed by atoms with Gasteiger partial charge in [0.15, 0.2) is 5.78 Å². The second kappa shape index (κ2) is 9.90. The molecule has 1 amide bonds. The van der Waals surface area contributed by atoms with E-state index in [9.17, 15) is 27.6 Å². The van der Waals surface area contributed by atoms with E-state index in [2.05, 4.69) is 15.9 Å². The van der Waals surface area contributed by atoms with E-state index in [1.807, 2.05) is 26.0 Å². The third kappa shape index (κ3) is 4.62. The number of ether oxygens (including phenoxy) is 1. The molecule has 34 heavy (non-hydrogen) atoms. The highest BCUT2D eigenvalue weighted by molar-refractivity contribution is 9.10. The van der Waals surface area contributed by atoms with E-state index < -0.39 is 29.6 Å². The van der Waals surface area contributed by atoms with Crippen molar-refractivity contribution in [3.05, 3.63) is 57.6 Å². The number of alkyl halides is 3. The number of ketones is 2. The van der Waals surface area contributed by atoms with Gasteiger partial charge in [-0.05, 0) is 64.2 Å². The summed E-state index contributed by atoms with van der Waals surface area (Å²) in [5, 5.41) is 0. The molecule has 182 valence electrons. The highest BCUT2D eigenvalue weighted by Gasteiger charge is 2.55. The number of benzene rings is 2. The minimum atomic E-state index is -5.07. The van der Waals surface area contributed by atoms with Crippen molar-refractivity contribution >= 4 is 39.1 Å². The molecule has 0 saturated heterocycles. The molecule has 1 fully saturated rings. The summed E-state index contributed by atoms with van der Waals surface area (Å²) in [6.45, 7) is 4.30. The lowest BCUT2D eigenvalue weighted by molar-refractivity contribution is -0.170. The van der Waals surface area contributed by atoms with Crippen molar-refractivity contribution in [3.63, 3.8) is 0 Å². The first-order valence-electron chi connectivity index (χ1n) is 11.0. The van der Waals surface area contributed by atoms with E-state index in [4.69, 9.17) is 4.74 Å². The molecule has 1 spiro atoms. The van der Waals surface area contributed by atoms with Crippen LogP contribution in [0.4, 0.5) is 18.9 Å². The lowest BCUT2D eigenvalue weighted by atomic mass is 9.65. The maximum Gasteiger partial charge on any atom is 0.450 e. The largest absolute Gasteiger partial charge is 0.497 e. The maximum atomic E-state index is 13.4. The van der Waals surface area contributed by atoms with E-state index in [-0.39, 0.29) is 11.5 Å². The summed E-state index contributed by atoms with van der Waals surface area (Å²) in [6, 6.07) is 10.2. The van der Waals surface area contributed by atoms with E-state index >= 15 is 0 Å². The number of hydrogen-bond acceptors (Lipinski definition) is 4. The van der Waals surface area contributed by atoms with Gasteiger partial charge < -0.3 is 9.64 Å². The first kappa shape index (κ1) is 25.9. The van der Waals surface area contributed by atoms with E-state index in [1.54, 1.807) is 24.1 Å². The molecule has 2 aromatic carbocycles. The van der Waals surface area contributed by atoms with Crippen LogP contribution >= 0.6 is 15.9 Å². The first-order chi connectivity index (χ1) is 16.1. The Balaban J connectivity index is 0.00000158. The lowest BCUT2D eigenvalue weighted by Gasteiger charge is -2.37. The average Bonchev–Trinajstić information content (AvgIpc) is 3.03. The average molecular weight is 540 g/mol. The van der Waals surface area contributed by atoms with Gasteiger partial charge in [-0.2, -0.15) is 13.2 Å². The van der Waals surface area contributed by atoms with Crippen molar-refractivity contribution in [3.8, 4) is 5.75 Å². The van der Waals surface area contributed by atoms with Crippen LogP contribution < -0.4 is 9.64 Å². The topological polar surface area (TPSA) is 63.7 Å². The number of halogens is 4. The third-order valence-corrected chi connectivity index (χ3v) is 6.77. The lowest BCUT2D eigenvalue weighted by Crippen LogP contribution is -2.44. The van der Waals surface area contributed by atoms with Gasteiger partial charge in [-0.3, -0.25) is 14.4 Å². The fourth-order valence-corrected chi connectivity index (χ4v) is 4.97. The van der Waals surface area contributed by atoms with Gasteiger partial charge in [-0.15, -0.1) is 0 Å². The number of anilines is 1. The van der Waals surface area contributed by atoms with Crippen molar-refractivity contribution in [2.45, 2.75) is 57.7 Å². The fraction of sp³-hybridized carbons (Fsp3) is 0.400. The van der Waals surface area contributed by atoms with Crippen molar-refractivity contribution in [1.29, 1.82) is 0 Å². The molecule has 2 aliphatic rings. The Morgan fingerprint density at radius 1 is 1.12 bits per heavy atom. The van der Waals surface area contributed by atoms with Gasteiger partial charge in [-0.25, -0.2) is 0 Å². The minimum Gasteiger partial charge on any atom is -0.497 e. The Bertz CT molecular complexity index is 1110. The quantitative estimate of drug-likeness (QED) is 0.326. The van der Waals surface area contributed by atoms with Gasteiger partial charge in [0.2, 0.25) is 11.7 Å². The van der Waals surface area contributed by atoms with Gasteiger partial charge in [0.05, 0.1) is 31.2 Å². The molecule has 2 aromatic rings. The Morgan fingerprint density at radius 3 is 2.24 bits per heavy atom. The molecule has 5 nitrogen and oxygen atoms in total. The zero-order valence-corrected chi connectivity index (χ0v) is 20.7. The molecule has 0 N–H and O–H groups in total. The number of amides is 1. The second-order valence-corrected chi connectivity index (χ2v) is 8.90. The molecule has 1 aliphatic carbocycles. The predicted octanol–water partition coefficient (Wildman–Crippen LogP) is 6.16. The third-order valence-electron chi connectivity index (χ3n) is 6.17. The van der Waals surface area contributed by atoms with Crippen LogP contribution in [-0.4, -0.2) is 30.8 Å². The summed E-state index contributed by atoms with van der Waals surface area (Å²) in [4.78, 5) is 38.8. The summed E-state index contributed by atoms with van der Waals surface area (Å²) in [7, 11) is 1.56. The van der Waals surface area contributed by atoms with E-state index in [0.29, 0.717) is 40.9 Å². The normalized spacial score (nSPS) is 15.9. The summed E-state index contributed by atoms with van der Waals surface area (Å²) in [5.41, 5.74) is 1.32. The van der Waals surface area contributed by atoms with Gasteiger partial charge >= 0.3 is 6.18 Å². The molecule has 0 atom stereocenters. The van der Waals surface area contributed by atoms with Gasteiger partial charge in [0.25, 0.3) is 0 Å². The molecule has 0 bridgehead atoms. The standard InChI is InChI=1S/C23H19BrF3NO4.C2H6/c1-32-15-5-3-13(4-6-15)12-28-20-16(22(21(28)31)7-2-8-22)9-14(10-17(20)24)18(29)11-19(30)23(25,26)27;1-2/h3-6,9-10H,2,7-8,11-12H2,1H3;1-2H3. The molecule has 0 unspecified atom stereocenters. The van der Waals surface area contributed by atoms with Crippen LogP contribution in [0, 0.1) is 0 Å². The number of carbonyl (C=O) groups is 3. The van der Waals surface area contributed by atoms with E-state index in [1.165, 1.54) is 12.1 Å². The first-order valence-corrected chi connectivity index (χ1v) is 11.8. The second-order valence-electron chi connectivity index (χ2n) is 8.05. The number of rotatable bonds is 6. The van der Waals surface area contributed by atoms with Crippen molar-refractivity contribution in [2.75, 3.05) is 12.0 Å². The van der Waals surface area contributed by atoms with Crippen LogP contribution in [0.15, 0.2) is 40.9 Å². The van der Waals surface area contributed by atoms with Gasteiger partial charge in [0, 0.05) is 10.0 Å². The predicted molar refractivity (Wildman–Crippen MR) is 125 cm³/mol. The summed E-state index contributed by atoms with van der Waals surface area (Å²) in [5.74, 6) is -2.41. The Kier molecular flexibility index (Phi) is 7.55. The number of carbonyl (C=O) groups excluding carboxylic acids is 3. The highest BCUT2D eigenvalue weighted by atomic mass is 79.9. The number of Topliss-reactive ketones (excluding diaryl/α,β-unsaturated/α-hetero) is 2. The van der Waals surface area contributed by atoms with Crippen molar-refractivity contribution in [2.24, 2.45) is 0 Å². The molecule has 1 aliphatic heterocycles. The van der Waals surface area contributed by atoms with Gasteiger partial charge in [-0.1, -0.05) is 32.4 Å². The minimum absolute atomic E-state index is 0.0152. The fourth-order valence-electron chi connectivity index (χ4n) is 4.30. The SMILES string of the molecule is CC.COc1ccc(CN2C(=O)C3(CCC3)c3cc(C(=O)CC(=O)C(F)(F)F)cc(Br)c32)cc1. The van der Waals surface area contributed by atoms with Crippen molar-refractivity contribution < 1.29 is 32.3 Å². The molecular formula is C25H25BrF3NO4. The zero-order valence-electron chi connectivity index (χ0n) is 19.1. The molecule has 1 saturated carbocycles. The number of nitrogens with zero attached hydrogens (tertiary/aromatic N) is 1. The van der Waals surface area contributed by atoms with Crippen LogP contribution in [0.5, 0.6) is 5.75 Å². The molecule has 4 rings (SSSR count). The Morgan fingerprint density at radius 2 is 1.74 bits per heavy atom. The van der Waals surface area contributed by atoms with Crippen molar-refractivity contribution in [1.82, 2.24) is 0 Å². The Labute approximate surface area is 204 Å². The van der Waals surface area contributed by atoms with Crippen LogP contribution in [0.25, 0.3) is 0 Å². The van der Waals surface area contributed by atoms with Crippen LogP contribution in [0.3, 0.4) is 0 Å². The van der Waals surface area contributed by atoms with Gasteiger partial charge in [0.1, 0.15) is 5.75 Å².